The van der Waals surface area contributed by atoms with Gasteiger partial charge in [0.2, 0.25) is 5.91 Å². The molecule has 2 aromatic heterocycles. The van der Waals surface area contributed by atoms with Crippen LogP contribution in [0.4, 0.5) is 0 Å². The highest BCUT2D eigenvalue weighted by atomic mass is 32.2. The van der Waals surface area contributed by atoms with E-state index < -0.39 is 0 Å². The number of hydrogen-bond acceptors (Lipinski definition) is 5. The van der Waals surface area contributed by atoms with Crippen molar-refractivity contribution in [2.45, 2.75) is 18.0 Å². The minimum atomic E-state index is -0.232. The van der Waals surface area contributed by atoms with Crippen molar-refractivity contribution in [3.63, 3.8) is 0 Å². The van der Waals surface area contributed by atoms with Gasteiger partial charge in [-0.3, -0.25) is 19.7 Å². The molecule has 0 amide bonds. The van der Waals surface area contributed by atoms with Crippen molar-refractivity contribution < 1.29 is 9.53 Å². The third-order valence-corrected chi connectivity index (χ3v) is 6.48. The summed E-state index contributed by atoms with van der Waals surface area (Å²) in [6.07, 6.45) is 5.45. The van der Waals surface area contributed by atoms with Crippen LogP contribution in [-0.2, 0) is 6.61 Å². The Balaban J connectivity index is 1.29. The molecule has 30 heavy (non-hydrogen) atoms. The first-order valence-electron chi connectivity index (χ1n) is 9.87. The van der Waals surface area contributed by atoms with Crippen LogP contribution in [0.25, 0.3) is 10.9 Å². The van der Waals surface area contributed by atoms with Gasteiger partial charge in [-0.15, -0.1) is 11.8 Å². The number of ether oxygens (including phenoxy) is 1. The van der Waals surface area contributed by atoms with Crippen molar-refractivity contribution in [1.82, 2.24) is 14.9 Å². The second-order valence-electron chi connectivity index (χ2n) is 7.24. The smallest absolute Gasteiger partial charge is 0.249 e. The Morgan fingerprint density at radius 2 is 2.03 bits per heavy atom. The molecule has 5 nitrogen and oxygen atoms in total. The summed E-state index contributed by atoms with van der Waals surface area (Å²) in [5.74, 6) is 1.58. The van der Waals surface area contributed by atoms with E-state index in [4.69, 9.17) is 4.74 Å². The number of carbonyl (C=O) groups excluding carboxylic acids is 1. The summed E-state index contributed by atoms with van der Waals surface area (Å²) in [7, 11) is 0. The second kappa shape index (κ2) is 8.34. The number of nitrogens with one attached hydrogen (secondary N) is 1. The molecule has 6 heteroatoms. The molecule has 1 aliphatic rings. The van der Waals surface area contributed by atoms with Crippen molar-refractivity contribution in [3.8, 4) is 5.75 Å². The zero-order valence-corrected chi connectivity index (χ0v) is 17.1. The average Bonchev–Trinajstić information content (AvgIpc) is 3.46. The summed E-state index contributed by atoms with van der Waals surface area (Å²) >= 11 is 1.74. The molecular formula is C24H21N3O2S. The number of fused-ring (bicyclic) bond motifs is 1. The van der Waals surface area contributed by atoms with E-state index in [2.05, 4.69) is 10.3 Å². The van der Waals surface area contributed by atoms with Gasteiger partial charge in [0.1, 0.15) is 12.4 Å². The first-order chi connectivity index (χ1) is 14.8. The average molecular weight is 416 g/mol. The van der Waals surface area contributed by atoms with Gasteiger partial charge in [-0.25, -0.2) is 0 Å². The predicted octanol–water partition coefficient (Wildman–Crippen LogP) is 4.66. The molecule has 5 rings (SSSR count). The van der Waals surface area contributed by atoms with Gasteiger partial charge in [0.15, 0.2) is 0 Å². The van der Waals surface area contributed by atoms with Crippen molar-refractivity contribution in [1.29, 1.82) is 0 Å². The normalized spacial score (nSPS) is 18.5. The van der Waals surface area contributed by atoms with Crippen LogP contribution in [-0.4, -0.2) is 27.3 Å². The molecule has 150 valence electrons. The molecule has 1 fully saturated rings. The van der Waals surface area contributed by atoms with E-state index in [9.17, 15) is 4.79 Å². The molecule has 1 aliphatic heterocycles. The molecule has 4 aromatic rings. The minimum Gasteiger partial charge on any atom is -0.489 e. The molecule has 1 N–H and O–H groups in total. The SMILES string of the molecule is O=C(C1CSC(c2cccnc2)N1)n1ccc2cc(OCc3ccccc3)ccc21. The molecule has 0 saturated carbocycles. The summed E-state index contributed by atoms with van der Waals surface area (Å²) in [5.41, 5.74) is 3.11. The van der Waals surface area contributed by atoms with Gasteiger partial charge >= 0.3 is 0 Å². The zero-order valence-electron chi connectivity index (χ0n) is 16.3. The molecule has 3 heterocycles. The fraction of sp³-hybridized carbons (Fsp3) is 0.167. The van der Waals surface area contributed by atoms with Gasteiger partial charge < -0.3 is 4.74 Å². The van der Waals surface area contributed by atoms with Gasteiger partial charge in [0.25, 0.3) is 0 Å². The fourth-order valence-electron chi connectivity index (χ4n) is 3.65. The van der Waals surface area contributed by atoms with E-state index in [1.807, 2.05) is 79.1 Å². The molecule has 0 radical (unpaired) electrons. The summed E-state index contributed by atoms with van der Waals surface area (Å²) in [6.45, 7) is 0.519. The molecule has 1 saturated heterocycles. The summed E-state index contributed by atoms with van der Waals surface area (Å²) < 4.78 is 7.65. The first-order valence-corrected chi connectivity index (χ1v) is 10.9. The molecule has 2 unspecified atom stereocenters. The van der Waals surface area contributed by atoms with Crippen molar-refractivity contribution in [3.05, 3.63) is 96.4 Å². The zero-order chi connectivity index (χ0) is 20.3. The van der Waals surface area contributed by atoms with Crippen LogP contribution < -0.4 is 10.1 Å². The highest BCUT2D eigenvalue weighted by Crippen LogP contribution is 2.33. The number of hydrogen-bond donors (Lipinski definition) is 1. The second-order valence-corrected chi connectivity index (χ2v) is 8.38. The van der Waals surface area contributed by atoms with Crippen LogP contribution in [0.1, 0.15) is 21.3 Å². The maximum Gasteiger partial charge on any atom is 0.249 e. The maximum absolute atomic E-state index is 13.1. The summed E-state index contributed by atoms with van der Waals surface area (Å²) in [5, 5.41) is 4.52. The topological polar surface area (TPSA) is 56.2 Å². The lowest BCUT2D eigenvalue weighted by Gasteiger charge is -2.14. The van der Waals surface area contributed by atoms with E-state index in [-0.39, 0.29) is 17.3 Å². The lowest BCUT2D eigenvalue weighted by atomic mass is 10.2. The van der Waals surface area contributed by atoms with Crippen molar-refractivity contribution in [2.75, 3.05) is 5.75 Å². The van der Waals surface area contributed by atoms with Crippen LogP contribution in [0.15, 0.2) is 85.3 Å². The number of pyridine rings is 1. The highest BCUT2D eigenvalue weighted by Gasteiger charge is 2.31. The van der Waals surface area contributed by atoms with Crippen molar-refractivity contribution >= 4 is 28.6 Å². The Kier molecular flexibility index (Phi) is 5.26. The van der Waals surface area contributed by atoms with Crippen LogP contribution in [0.3, 0.4) is 0 Å². The van der Waals surface area contributed by atoms with Crippen molar-refractivity contribution in [2.24, 2.45) is 0 Å². The Hall–Kier alpha value is -3.09. The summed E-state index contributed by atoms with van der Waals surface area (Å²) in [4.78, 5) is 17.3. The minimum absolute atomic E-state index is 0.0573. The standard InChI is InChI=1S/C24H21N3O2S/c28-24(21-16-30-23(26-21)19-7-4-11-25-14-19)27-12-10-18-13-20(8-9-22(18)27)29-15-17-5-2-1-3-6-17/h1-14,21,23,26H,15-16H2. The number of aromatic nitrogens is 2. The Morgan fingerprint density at radius 1 is 1.13 bits per heavy atom. The van der Waals surface area contributed by atoms with Gasteiger partial charge in [-0.05, 0) is 41.5 Å². The summed E-state index contributed by atoms with van der Waals surface area (Å²) in [6, 6.07) is 21.6. The largest absolute Gasteiger partial charge is 0.489 e. The number of thioether (sulfide) groups is 1. The van der Waals surface area contributed by atoms with Gasteiger partial charge in [0, 0.05) is 29.7 Å². The number of benzene rings is 2. The molecule has 0 aliphatic carbocycles. The van der Waals surface area contributed by atoms with Crippen LogP contribution in [0.5, 0.6) is 5.75 Å². The van der Waals surface area contributed by atoms with Gasteiger partial charge in [-0.2, -0.15) is 0 Å². The quantitative estimate of drug-likeness (QED) is 0.514. The van der Waals surface area contributed by atoms with E-state index >= 15 is 0 Å². The number of carbonyl (C=O) groups is 1. The Labute approximate surface area is 179 Å². The number of rotatable bonds is 5. The predicted molar refractivity (Wildman–Crippen MR) is 120 cm³/mol. The van der Waals surface area contributed by atoms with E-state index in [0.717, 1.165) is 33.5 Å². The molecule has 2 aromatic carbocycles. The third-order valence-electron chi connectivity index (χ3n) is 5.21. The first kappa shape index (κ1) is 18.9. The number of nitrogens with zero attached hydrogens (tertiary/aromatic N) is 2. The molecule has 0 spiro atoms. The monoisotopic (exact) mass is 415 g/mol. The lowest BCUT2D eigenvalue weighted by Crippen LogP contribution is -2.37. The van der Waals surface area contributed by atoms with E-state index in [1.54, 1.807) is 22.5 Å². The Bertz CT molecular complexity index is 1160. The molecular weight excluding hydrogens is 394 g/mol. The Morgan fingerprint density at radius 3 is 2.87 bits per heavy atom. The molecule has 2 atom stereocenters. The van der Waals surface area contributed by atoms with Crippen LogP contribution in [0.2, 0.25) is 0 Å². The molecule has 0 bridgehead atoms. The van der Waals surface area contributed by atoms with Gasteiger partial charge in [0.05, 0.1) is 16.9 Å². The maximum atomic E-state index is 13.1. The van der Waals surface area contributed by atoms with Crippen LogP contribution >= 0.6 is 11.8 Å². The third kappa shape index (κ3) is 3.84. The van der Waals surface area contributed by atoms with E-state index in [1.165, 1.54) is 0 Å². The van der Waals surface area contributed by atoms with Crippen LogP contribution in [0, 0.1) is 0 Å². The van der Waals surface area contributed by atoms with E-state index in [0.29, 0.717) is 6.61 Å². The fourth-order valence-corrected chi connectivity index (χ4v) is 4.86. The van der Waals surface area contributed by atoms with Gasteiger partial charge in [-0.1, -0.05) is 36.4 Å². The lowest BCUT2D eigenvalue weighted by molar-refractivity contribution is 0.0879. The highest BCUT2D eigenvalue weighted by molar-refractivity contribution is 7.99.